The van der Waals surface area contributed by atoms with Gasteiger partial charge in [-0.15, -0.1) is 11.3 Å². The van der Waals surface area contributed by atoms with Crippen LogP contribution in [0.25, 0.3) is 11.1 Å². The van der Waals surface area contributed by atoms with Gasteiger partial charge in [0.05, 0.1) is 32.3 Å². The molecule has 2 fully saturated rings. The first-order valence-electron chi connectivity index (χ1n) is 14.8. The lowest BCUT2D eigenvalue weighted by molar-refractivity contribution is -0.152. The number of thiophene rings is 1. The number of benzene rings is 2. The van der Waals surface area contributed by atoms with Crippen molar-refractivity contribution in [1.29, 1.82) is 0 Å². The van der Waals surface area contributed by atoms with Crippen LogP contribution in [0.3, 0.4) is 0 Å². The molecular formula is C32H31F2N5O7S. The van der Waals surface area contributed by atoms with E-state index in [1.165, 1.54) is 53.5 Å². The molecule has 2 aromatic carbocycles. The second kappa shape index (κ2) is 12.5. The molecule has 0 saturated carbocycles. The number of ether oxygens (including phenoxy) is 2. The molecule has 12 nitrogen and oxygen atoms in total. The van der Waals surface area contributed by atoms with Crippen LogP contribution in [-0.4, -0.2) is 72.6 Å². The van der Waals surface area contributed by atoms with Gasteiger partial charge in [0.25, 0.3) is 11.8 Å². The summed E-state index contributed by atoms with van der Waals surface area (Å²) < 4.78 is 41.5. The normalized spacial score (nSPS) is 19.6. The minimum Gasteiger partial charge on any atom is -0.380 e. The monoisotopic (exact) mass is 667 g/mol. The molecule has 0 unspecified atom stereocenters. The second-order valence-electron chi connectivity index (χ2n) is 11.4. The lowest BCUT2D eigenvalue weighted by Crippen LogP contribution is -2.49. The summed E-state index contributed by atoms with van der Waals surface area (Å²) in [5.74, 6) is -6.59. The zero-order chi connectivity index (χ0) is 33.5. The lowest BCUT2D eigenvalue weighted by atomic mass is 10.0. The molecule has 3 amide bonds. The molecule has 2 atom stereocenters. The van der Waals surface area contributed by atoms with E-state index in [-0.39, 0.29) is 41.1 Å². The molecule has 246 valence electrons. The summed E-state index contributed by atoms with van der Waals surface area (Å²) in [5, 5.41) is 10.8. The Balaban J connectivity index is 1.13. The van der Waals surface area contributed by atoms with Crippen LogP contribution in [0.1, 0.15) is 58.2 Å². The molecule has 15 heteroatoms. The molecule has 2 saturated heterocycles. The number of nitrogens with one attached hydrogen (secondary N) is 2. The zero-order valence-corrected chi connectivity index (χ0v) is 26.2. The number of amidine groups is 1. The molecule has 0 bridgehead atoms. The smallest absolute Gasteiger partial charge is 0.332 e. The van der Waals surface area contributed by atoms with Crippen LogP contribution in [0.4, 0.5) is 8.78 Å². The molecule has 0 radical (unpaired) electrons. The van der Waals surface area contributed by atoms with Crippen LogP contribution < -0.4 is 16.4 Å². The van der Waals surface area contributed by atoms with E-state index in [9.17, 15) is 28.0 Å². The van der Waals surface area contributed by atoms with Gasteiger partial charge in [-0.05, 0) is 36.2 Å². The molecule has 4 N–H and O–H groups in total. The van der Waals surface area contributed by atoms with Gasteiger partial charge in [-0.2, -0.15) is 8.78 Å². The van der Waals surface area contributed by atoms with Gasteiger partial charge >= 0.3 is 5.97 Å². The van der Waals surface area contributed by atoms with Crippen LogP contribution in [0.2, 0.25) is 0 Å². The highest BCUT2D eigenvalue weighted by Crippen LogP contribution is 2.51. The van der Waals surface area contributed by atoms with Crippen molar-refractivity contribution >= 4 is 40.9 Å². The highest BCUT2D eigenvalue weighted by atomic mass is 32.1. The molecule has 6 rings (SSSR count). The zero-order valence-electron chi connectivity index (χ0n) is 25.4. The number of halogens is 2. The van der Waals surface area contributed by atoms with Crippen molar-refractivity contribution in [3.05, 3.63) is 81.0 Å². The first-order valence-corrected chi connectivity index (χ1v) is 15.6. The van der Waals surface area contributed by atoms with Gasteiger partial charge in [-0.25, -0.2) is 4.79 Å². The maximum Gasteiger partial charge on any atom is 0.332 e. The minimum absolute atomic E-state index is 0.00375. The largest absolute Gasteiger partial charge is 0.380 e. The second-order valence-corrected chi connectivity index (χ2v) is 12.4. The van der Waals surface area contributed by atoms with Crippen molar-refractivity contribution in [3.63, 3.8) is 0 Å². The number of likely N-dealkylation sites (tertiary alicyclic amines) is 1. The van der Waals surface area contributed by atoms with Crippen LogP contribution in [0.15, 0.2) is 59.1 Å². The Bertz CT molecular complexity index is 1790. The van der Waals surface area contributed by atoms with E-state index in [1.807, 2.05) is 0 Å². The molecule has 47 heavy (non-hydrogen) atoms. The van der Waals surface area contributed by atoms with Gasteiger partial charge in [0.1, 0.15) is 6.04 Å². The van der Waals surface area contributed by atoms with Gasteiger partial charge < -0.3 is 35.6 Å². The number of nitrogens with two attached hydrogens (primary N) is 1. The number of rotatable bonds is 8. The third kappa shape index (κ3) is 6.21. The van der Waals surface area contributed by atoms with Crippen molar-refractivity contribution < 1.29 is 42.3 Å². The van der Waals surface area contributed by atoms with Crippen LogP contribution in [-0.2, 0) is 34.6 Å². The van der Waals surface area contributed by atoms with Crippen LogP contribution >= 0.6 is 11.3 Å². The predicted octanol–water partition coefficient (Wildman–Crippen LogP) is 3.00. The number of fused-ring (bicyclic) bond motifs is 3. The third-order valence-corrected chi connectivity index (χ3v) is 9.39. The summed E-state index contributed by atoms with van der Waals surface area (Å²) >= 11 is 1.31. The summed E-state index contributed by atoms with van der Waals surface area (Å²) in [4.78, 5) is 57.8. The Morgan fingerprint density at radius 2 is 1.81 bits per heavy atom. The predicted molar refractivity (Wildman–Crippen MR) is 165 cm³/mol. The van der Waals surface area contributed by atoms with E-state index >= 15 is 0 Å². The molecule has 2 aliphatic heterocycles. The van der Waals surface area contributed by atoms with E-state index in [0.29, 0.717) is 24.3 Å². The Morgan fingerprint density at radius 3 is 2.55 bits per heavy atom. The fourth-order valence-electron chi connectivity index (χ4n) is 5.98. The molecule has 3 aromatic rings. The number of nitrogens with zero attached hydrogens (tertiary/aromatic N) is 2. The van der Waals surface area contributed by atoms with Crippen LogP contribution in [0, 0.1) is 0 Å². The topological polar surface area (TPSA) is 162 Å². The van der Waals surface area contributed by atoms with E-state index in [2.05, 4.69) is 20.6 Å². The Hall–Kier alpha value is -4.73. The summed E-state index contributed by atoms with van der Waals surface area (Å²) in [7, 11) is 0. The number of carbonyl (C=O) groups is 4. The van der Waals surface area contributed by atoms with Gasteiger partial charge in [-0.1, -0.05) is 35.5 Å². The average molecular weight is 668 g/mol. The molecule has 3 aliphatic rings. The number of hydrogen-bond acceptors (Lipinski definition) is 9. The standard InChI is InChI=1S/C32H31F2N5O7S/c1-17(26-12-20(15-47-26)28(35)38-46-18(2)40)37-30(43)25-13-31(44-9-10-45-31)16-39(25)27(41)14-36-29(42)19-7-8-24-22(11-19)21-5-3-4-6-23(21)32(24,33)34/h3-8,11-12,15,17,25H,9-10,13-14,16H2,1-2H3,(H2,35,38)(H,36,42)(H,37,43)/t17-,25+/m1/s1. The molecule has 3 heterocycles. The number of amides is 3. The van der Waals surface area contributed by atoms with Crippen molar-refractivity contribution in [1.82, 2.24) is 15.5 Å². The van der Waals surface area contributed by atoms with Crippen molar-refractivity contribution in [2.45, 2.75) is 44.1 Å². The molecule has 1 aliphatic carbocycles. The Labute approximate surface area is 271 Å². The van der Waals surface area contributed by atoms with Crippen molar-refractivity contribution in [2.24, 2.45) is 10.9 Å². The summed E-state index contributed by atoms with van der Waals surface area (Å²) in [6.07, 6.45) is 0.0847. The first kappa shape index (κ1) is 32.2. The lowest BCUT2D eigenvalue weighted by Gasteiger charge is -2.25. The molecular weight excluding hydrogens is 636 g/mol. The van der Waals surface area contributed by atoms with Crippen LogP contribution in [0.5, 0.6) is 0 Å². The quantitative estimate of drug-likeness (QED) is 0.143. The SMILES string of the molecule is CC(=O)O/N=C(/N)c1csc([C@@H](C)NC(=O)[C@@H]2CC3(CN2C(=O)CNC(=O)c2ccc4c(c2)-c2ccccc2C4(F)F)OCCO3)c1. The van der Waals surface area contributed by atoms with Crippen molar-refractivity contribution in [3.8, 4) is 11.1 Å². The Kier molecular flexibility index (Phi) is 8.55. The van der Waals surface area contributed by atoms with Gasteiger partial charge in [0.2, 0.25) is 11.8 Å². The maximum atomic E-state index is 15.0. The Morgan fingerprint density at radius 1 is 1.09 bits per heavy atom. The number of alkyl halides is 2. The molecule has 1 spiro atoms. The third-order valence-electron chi connectivity index (χ3n) is 8.28. The maximum absolute atomic E-state index is 15.0. The van der Waals surface area contributed by atoms with E-state index < -0.39 is 54.0 Å². The summed E-state index contributed by atoms with van der Waals surface area (Å²) in [5.41, 5.74) is 6.78. The number of oxime groups is 1. The summed E-state index contributed by atoms with van der Waals surface area (Å²) in [6.45, 7) is 3.09. The number of carbonyl (C=O) groups excluding carboxylic acids is 4. The van der Waals surface area contributed by atoms with Gasteiger partial charge in [-0.3, -0.25) is 14.4 Å². The van der Waals surface area contributed by atoms with Gasteiger partial charge in [0, 0.05) is 45.9 Å². The van der Waals surface area contributed by atoms with Gasteiger partial charge in [0.15, 0.2) is 11.6 Å². The summed E-state index contributed by atoms with van der Waals surface area (Å²) in [6, 6.07) is 10.3. The molecule has 1 aromatic heterocycles. The van der Waals surface area contributed by atoms with E-state index in [0.717, 1.165) is 4.88 Å². The van der Waals surface area contributed by atoms with E-state index in [1.54, 1.807) is 30.5 Å². The highest BCUT2D eigenvalue weighted by molar-refractivity contribution is 7.10. The number of hydrogen-bond donors (Lipinski definition) is 3. The highest BCUT2D eigenvalue weighted by Gasteiger charge is 2.52. The first-order chi connectivity index (χ1) is 22.4. The fourth-order valence-corrected chi connectivity index (χ4v) is 6.89. The average Bonchev–Trinajstić information content (AvgIpc) is 3.85. The fraction of sp³-hybridized carbons (Fsp3) is 0.344. The van der Waals surface area contributed by atoms with E-state index in [4.69, 9.17) is 15.2 Å². The minimum atomic E-state index is -3.18. The van der Waals surface area contributed by atoms with Crippen molar-refractivity contribution in [2.75, 3.05) is 26.3 Å².